The van der Waals surface area contributed by atoms with Crippen molar-refractivity contribution in [1.82, 2.24) is 0 Å². The summed E-state index contributed by atoms with van der Waals surface area (Å²) in [6.07, 6.45) is 0. The molecule has 0 amide bonds. The molecular formula is C64H63BN2. The van der Waals surface area contributed by atoms with E-state index in [1.165, 1.54) is 116 Å². The maximum absolute atomic E-state index is 2.58. The zero-order valence-corrected chi connectivity index (χ0v) is 41.6. The average molecular weight is 871 g/mol. The van der Waals surface area contributed by atoms with Crippen LogP contribution in [0.5, 0.6) is 0 Å². The van der Waals surface area contributed by atoms with Crippen molar-refractivity contribution in [3.05, 3.63) is 186 Å². The Labute approximate surface area is 399 Å². The molecule has 0 unspecified atom stereocenters. The fraction of sp³-hybridized carbons (Fsp3) is 0.250. The number of anilines is 6. The molecule has 3 heteroatoms. The number of nitrogens with zero attached hydrogens (tertiary/aromatic N) is 2. The summed E-state index contributed by atoms with van der Waals surface area (Å²) in [7, 11) is 0. The highest BCUT2D eigenvalue weighted by Crippen LogP contribution is 2.48. The summed E-state index contributed by atoms with van der Waals surface area (Å²) in [5.74, 6) is 0. The Morgan fingerprint density at radius 2 is 0.776 bits per heavy atom. The molecule has 9 aromatic carbocycles. The second-order valence-electron chi connectivity index (χ2n) is 23.5. The molecule has 0 saturated carbocycles. The van der Waals surface area contributed by atoms with Gasteiger partial charge in [0.15, 0.2) is 0 Å². The van der Waals surface area contributed by atoms with E-state index in [1.807, 2.05) is 0 Å². The lowest BCUT2D eigenvalue weighted by Crippen LogP contribution is -2.61. The van der Waals surface area contributed by atoms with Crippen LogP contribution in [0.1, 0.15) is 105 Å². The third-order valence-corrected chi connectivity index (χ3v) is 14.8. The molecular weight excluding hydrogens is 808 g/mol. The van der Waals surface area contributed by atoms with Crippen LogP contribution in [0.25, 0.3) is 43.4 Å². The highest BCUT2D eigenvalue weighted by Gasteiger charge is 2.44. The summed E-state index contributed by atoms with van der Waals surface area (Å²) >= 11 is 0. The van der Waals surface area contributed by atoms with Crippen molar-refractivity contribution in [1.29, 1.82) is 0 Å². The van der Waals surface area contributed by atoms with Crippen molar-refractivity contribution in [2.75, 3.05) is 9.80 Å². The van der Waals surface area contributed by atoms with Gasteiger partial charge in [0.05, 0.1) is 0 Å². The number of fused-ring (bicyclic) bond motifs is 10. The first-order valence-corrected chi connectivity index (χ1v) is 24.4. The predicted octanol–water partition coefficient (Wildman–Crippen LogP) is 16.1. The molecule has 2 nitrogen and oxygen atoms in total. The van der Waals surface area contributed by atoms with Crippen molar-refractivity contribution in [3.63, 3.8) is 0 Å². The van der Waals surface area contributed by atoms with E-state index in [-0.39, 0.29) is 28.4 Å². The SMILES string of the molecule is CC(C)(C)c1ccc(N2c3ccc(C(C)(C)C)cc3B3c4cc(C(C)(C)C)ccc4N(c4ccc(C(C)(C)C)c(-c5ccc6c7ccccc7c7ccccc7c6c5)c4)c4cccc2c43)cc1. The highest BCUT2D eigenvalue weighted by atomic mass is 15.2. The average Bonchev–Trinajstić information content (AvgIpc) is 3.29. The van der Waals surface area contributed by atoms with E-state index < -0.39 is 0 Å². The van der Waals surface area contributed by atoms with Gasteiger partial charge in [-0.3, -0.25) is 0 Å². The fourth-order valence-electron chi connectivity index (χ4n) is 11.2. The molecule has 11 rings (SSSR count). The summed E-state index contributed by atoms with van der Waals surface area (Å²) in [5, 5.41) is 7.77. The van der Waals surface area contributed by atoms with Crippen molar-refractivity contribution < 1.29 is 0 Å². The second-order valence-corrected chi connectivity index (χ2v) is 23.5. The van der Waals surface area contributed by atoms with Crippen LogP contribution in [0.4, 0.5) is 34.1 Å². The van der Waals surface area contributed by atoms with E-state index in [0.717, 1.165) is 0 Å². The van der Waals surface area contributed by atoms with Crippen LogP contribution in [0, 0.1) is 0 Å². The highest BCUT2D eigenvalue weighted by molar-refractivity contribution is 7.00. The summed E-state index contributed by atoms with van der Waals surface area (Å²) in [5.41, 5.74) is 19.2. The van der Waals surface area contributed by atoms with Crippen LogP contribution in [-0.4, -0.2) is 6.71 Å². The van der Waals surface area contributed by atoms with Crippen LogP contribution in [-0.2, 0) is 21.7 Å². The third kappa shape index (κ3) is 6.99. The molecule has 0 radical (unpaired) electrons. The van der Waals surface area contributed by atoms with E-state index >= 15 is 0 Å². The smallest absolute Gasteiger partial charge is 0.252 e. The van der Waals surface area contributed by atoms with Gasteiger partial charge in [-0.2, -0.15) is 0 Å². The van der Waals surface area contributed by atoms with E-state index in [0.29, 0.717) is 0 Å². The molecule has 0 N–H and O–H groups in total. The van der Waals surface area contributed by atoms with Gasteiger partial charge in [0.1, 0.15) is 0 Å². The Hall–Kier alpha value is -6.58. The Kier molecular flexibility index (Phi) is 9.61. The molecule has 2 heterocycles. The van der Waals surface area contributed by atoms with Gasteiger partial charge in [-0.15, -0.1) is 0 Å². The Morgan fingerprint density at radius 1 is 0.328 bits per heavy atom. The minimum Gasteiger partial charge on any atom is -0.311 e. The van der Waals surface area contributed by atoms with Gasteiger partial charge in [-0.25, -0.2) is 0 Å². The van der Waals surface area contributed by atoms with Gasteiger partial charge >= 0.3 is 0 Å². The van der Waals surface area contributed by atoms with Crippen LogP contribution < -0.4 is 26.2 Å². The molecule has 2 aliphatic rings. The number of rotatable bonds is 3. The van der Waals surface area contributed by atoms with E-state index in [4.69, 9.17) is 0 Å². The van der Waals surface area contributed by atoms with Gasteiger partial charge in [0.2, 0.25) is 0 Å². The molecule has 332 valence electrons. The molecule has 0 aliphatic carbocycles. The number of benzene rings is 9. The molecule has 0 saturated heterocycles. The first-order valence-electron chi connectivity index (χ1n) is 24.4. The normalized spacial score (nSPS) is 13.9. The van der Waals surface area contributed by atoms with Crippen LogP contribution >= 0.6 is 0 Å². The van der Waals surface area contributed by atoms with E-state index in [9.17, 15) is 0 Å². The van der Waals surface area contributed by atoms with Crippen molar-refractivity contribution in [3.8, 4) is 11.1 Å². The lowest BCUT2D eigenvalue weighted by molar-refractivity contribution is 0.590. The van der Waals surface area contributed by atoms with E-state index in [1.54, 1.807) is 0 Å². The van der Waals surface area contributed by atoms with Crippen molar-refractivity contribution in [2.45, 2.75) is 105 Å². The Morgan fingerprint density at radius 3 is 1.27 bits per heavy atom. The van der Waals surface area contributed by atoms with Gasteiger partial charge in [0, 0.05) is 34.1 Å². The van der Waals surface area contributed by atoms with Gasteiger partial charge in [-0.1, -0.05) is 192 Å². The quantitative estimate of drug-likeness (QED) is 0.129. The van der Waals surface area contributed by atoms with Crippen molar-refractivity contribution in [2.24, 2.45) is 0 Å². The minimum atomic E-state index is -0.0930. The topological polar surface area (TPSA) is 6.48 Å². The summed E-state index contributed by atoms with van der Waals surface area (Å²) in [4.78, 5) is 5.12. The molecule has 0 bridgehead atoms. The standard InChI is InChI=1S/C64H63BN2/c1-61(2,3)41-25-29-44(30-26-41)66-56-34-27-42(62(4,5)6)37-54(56)65-55-38-43(63(7,8)9)28-35-57(55)67(59-23-17-22-58(66)60(59)65)45-31-33-53(64(10,11)12)51(39-45)40-24-32-50-48-20-14-13-18-46(48)47-19-15-16-21-49(47)52(50)36-40/h13-39H,1-12H3. The predicted molar refractivity (Wildman–Crippen MR) is 293 cm³/mol. The number of hydrogen-bond donors (Lipinski definition) is 0. The van der Waals surface area contributed by atoms with Gasteiger partial charge in [-0.05, 0) is 158 Å². The van der Waals surface area contributed by atoms with Crippen LogP contribution in [0.3, 0.4) is 0 Å². The second kappa shape index (κ2) is 15.0. The Balaban J connectivity index is 1.18. The molecule has 0 fully saturated rings. The maximum atomic E-state index is 2.58. The third-order valence-electron chi connectivity index (χ3n) is 14.8. The van der Waals surface area contributed by atoms with Crippen LogP contribution in [0.15, 0.2) is 164 Å². The molecule has 0 spiro atoms. The number of hydrogen-bond acceptors (Lipinski definition) is 2. The van der Waals surface area contributed by atoms with Crippen molar-refractivity contribution >= 4 is 89.5 Å². The summed E-state index contributed by atoms with van der Waals surface area (Å²) < 4.78 is 0. The maximum Gasteiger partial charge on any atom is 0.252 e. The Bertz CT molecular complexity index is 3420. The molecule has 0 aromatic heterocycles. The van der Waals surface area contributed by atoms with Crippen LogP contribution in [0.2, 0.25) is 0 Å². The molecule has 0 atom stereocenters. The molecule has 67 heavy (non-hydrogen) atoms. The first kappa shape index (κ1) is 43.0. The zero-order valence-electron chi connectivity index (χ0n) is 41.6. The lowest BCUT2D eigenvalue weighted by Gasteiger charge is -2.45. The van der Waals surface area contributed by atoms with E-state index in [2.05, 4.69) is 257 Å². The fourth-order valence-corrected chi connectivity index (χ4v) is 11.2. The van der Waals surface area contributed by atoms with Gasteiger partial charge in [0.25, 0.3) is 6.71 Å². The molecule has 9 aromatic rings. The molecule has 2 aliphatic heterocycles. The monoisotopic (exact) mass is 871 g/mol. The zero-order chi connectivity index (χ0) is 46.9. The first-order chi connectivity index (χ1) is 31.8. The largest absolute Gasteiger partial charge is 0.311 e. The van der Waals surface area contributed by atoms with Gasteiger partial charge < -0.3 is 9.80 Å². The summed E-state index contributed by atoms with van der Waals surface area (Å²) in [6.45, 7) is 28.0. The summed E-state index contributed by atoms with van der Waals surface area (Å²) in [6, 6.07) is 63.2. The minimum absolute atomic E-state index is 0.0157. The lowest BCUT2D eigenvalue weighted by atomic mass is 9.33.